The van der Waals surface area contributed by atoms with Gasteiger partial charge in [-0.2, -0.15) is 0 Å². The zero-order chi connectivity index (χ0) is 13.5. The minimum atomic E-state index is -1.01. The molecule has 0 aliphatic rings. The summed E-state index contributed by atoms with van der Waals surface area (Å²) in [5, 5.41) is 11.8. The third-order valence-electron chi connectivity index (χ3n) is 2.19. The van der Waals surface area contributed by atoms with E-state index in [-0.39, 0.29) is 5.56 Å². The summed E-state index contributed by atoms with van der Waals surface area (Å²) in [6.07, 6.45) is 1.31. The van der Waals surface area contributed by atoms with Crippen molar-refractivity contribution in [1.29, 1.82) is 0 Å². The Hall–Kier alpha value is -1.69. The molecule has 0 radical (unpaired) electrons. The van der Waals surface area contributed by atoms with E-state index in [9.17, 15) is 4.79 Å². The van der Waals surface area contributed by atoms with Gasteiger partial charge in [-0.25, -0.2) is 14.8 Å². The highest BCUT2D eigenvalue weighted by Crippen LogP contribution is 2.06. The molecule has 6 nitrogen and oxygen atoms in total. The first-order valence-corrected chi connectivity index (χ1v) is 5.89. The molecule has 0 amide bonds. The van der Waals surface area contributed by atoms with Crippen molar-refractivity contribution in [3.05, 3.63) is 17.5 Å². The van der Waals surface area contributed by atoms with Crippen molar-refractivity contribution in [1.82, 2.24) is 9.97 Å². The number of carboxylic acid groups (broad SMARTS) is 1. The lowest BCUT2D eigenvalue weighted by molar-refractivity contribution is 0.0695. The number of aromatic nitrogens is 2. The second-order valence-electron chi connectivity index (χ2n) is 4.39. The minimum Gasteiger partial charge on any atom is -0.478 e. The van der Waals surface area contributed by atoms with Crippen molar-refractivity contribution in [2.45, 2.75) is 20.8 Å². The van der Waals surface area contributed by atoms with Crippen LogP contribution >= 0.6 is 0 Å². The van der Waals surface area contributed by atoms with Crippen LogP contribution in [0.3, 0.4) is 0 Å². The molecule has 18 heavy (non-hydrogen) atoms. The molecule has 0 saturated carbocycles. The van der Waals surface area contributed by atoms with Crippen LogP contribution in [0.25, 0.3) is 0 Å². The molecule has 1 heterocycles. The number of nitrogens with one attached hydrogen (secondary N) is 1. The summed E-state index contributed by atoms with van der Waals surface area (Å²) in [4.78, 5) is 18.8. The molecule has 0 aromatic carbocycles. The molecule has 0 atom stereocenters. The predicted molar refractivity (Wildman–Crippen MR) is 67.9 cm³/mol. The van der Waals surface area contributed by atoms with Gasteiger partial charge in [0.25, 0.3) is 0 Å². The van der Waals surface area contributed by atoms with Crippen LogP contribution < -0.4 is 5.32 Å². The minimum absolute atomic E-state index is 0.122. The molecular weight excluding hydrogens is 234 g/mol. The van der Waals surface area contributed by atoms with Crippen LogP contribution in [0, 0.1) is 12.8 Å². The number of aryl methyl sites for hydroxylation is 1. The van der Waals surface area contributed by atoms with Crippen molar-refractivity contribution in [3.63, 3.8) is 0 Å². The molecule has 0 saturated heterocycles. The van der Waals surface area contributed by atoms with Crippen LogP contribution in [0.1, 0.15) is 29.9 Å². The fourth-order valence-corrected chi connectivity index (χ4v) is 1.32. The summed E-state index contributed by atoms with van der Waals surface area (Å²) in [5.74, 6) is -0.0803. The number of ether oxygens (including phenoxy) is 1. The molecule has 1 aromatic rings. The lowest BCUT2D eigenvalue weighted by Gasteiger charge is -2.08. The van der Waals surface area contributed by atoms with E-state index in [1.54, 1.807) is 6.92 Å². The van der Waals surface area contributed by atoms with Crippen LogP contribution in [-0.2, 0) is 4.74 Å². The molecule has 1 aromatic heterocycles. The first-order chi connectivity index (χ1) is 8.50. The van der Waals surface area contributed by atoms with Crippen molar-refractivity contribution in [2.24, 2.45) is 5.92 Å². The molecule has 0 spiro atoms. The van der Waals surface area contributed by atoms with E-state index in [0.29, 0.717) is 30.7 Å². The van der Waals surface area contributed by atoms with Gasteiger partial charge in [0.1, 0.15) is 0 Å². The molecule has 0 bridgehead atoms. The number of carboxylic acids is 1. The van der Waals surface area contributed by atoms with Crippen molar-refractivity contribution in [2.75, 3.05) is 25.1 Å². The standard InChI is InChI=1S/C12H19N3O3/c1-8(2)7-18-5-4-13-12-14-6-10(11(16)17)9(3)15-12/h6,8H,4-5,7H2,1-3H3,(H,16,17)(H,13,14,15). The number of nitrogens with zero attached hydrogens (tertiary/aromatic N) is 2. The molecule has 0 aliphatic heterocycles. The van der Waals surface area contributed by atoms with E-state index in [0.717, 1.165) is 6.61 Å². The van der Waals surface area contributed by atoms with Gasteiger partial charge in [0.2, 0.25) is 5.95 Å². The Kier molecular flexibility index (Phi) is 5.51. The van der Waals surface area contributed by atoms with Gasteiger partial charge in [-0.1, -0.05) is 13.8 Å². The van der Waals surface area contributed by atoms with Crippen LogP contribution in [0.5, 0.6) is 0 Å². The van der Waals surface area contributed by atoms with Crippen molar-refractivity contribution < 1.29 is 14.6 Å². The Morgan fingerprint density at radius 1 is 1.56 bits per heavy atom. The lowest BCUT2D eigenvalue weighted by atomic mass is 10.2. The summed E-state index contributed by atoms with van der Waals surface area (Å²) >= 11 is 0. The number of aromatic carboxylic acids is 1. The zero-order valence-corrected chi connectivity index (χ0v) is 10.9. The highest BCUT2D eigenvalue weighted by Gasteiger charge is 2.09. The maximum Gasteiger partial charge on any atom is 0.339 e. The second-order valence-corrected chi connectivity index (χ2v) is 4.39. The van der Waals surface area contributed by atoms with Crippen LogP contribution in [0.2, 0.25) is 0 Å². The maximum absolute atomic E-state index is 10.8. The molecule has 2 N–H and O–H groups in total. The summed E-state index contributed by atoms with van der Waals surface area (Å²) in [5.41, 5.74) is 0.569. The zero-order valence-electron chi connectivity index (χ0n) is 10.9. The highest BCUT2D eigenvalue weighted by molar-refractivity contribution is 5.88. The topological polar surface area (TPSA) is 84.3 Å². The van der Waals surface area contributed by atoms with E-state index >= 15 is 0 Å². The fraction of sp³-hybridized carbons (Fsp3) is 0.583. The number of carbonyl (C=O) groups is 1. The smallest absolute Gasteiger partial charge is 0.339 e. The van der Waals surface area contributed by atoms with Gasteiger partial charge >= 0.3 is 5.97 Å². The first-order valence-electron chi connectivity index (χ1n) is 5.89. The lowest BCUT2D eigenvalue weighted by Crippen LogP contribution is -2.14. The monoisotopic (exact) mass is 253 g/mol. The van der Waals surface area contributed by atoms with Crippen LogP contribution in [-0.4, -0.2) is 40.8 Å². The molecule has 1 rings (SSSR count). The quantitative estimate of drug-likeness (QED) is 0.717. The number of hydrogen-bond donors (Lipinski definition) is 2. The van der Waals surface area contributed by atoms with Gasteiger partial charge in [-0.15, -0.1) is 0 Å². The fourth-order valence-electron chi connectivity index (χ4n) is 1.32. The van der Waals surface area contributed by atoms with Gasteiger partial charge in [0.15, 0.2) is 0 Å². The first kappa shape index (κ1) is 14.4. The average molecular weight is 253 g/mol. The third kappa shape index (κ3) is 4.67. The molecule has 0 aliphatic carbocycles. The Labute approximate surface area is 106 Å². The summed E-state index contributed by atoms with van der Waals surface area (Å²) in [6.45, 7) is 7.71. The Morgan fingerprint density at radius 3 is 2.83 bits per heavy atom. The summed E-state index contributed by atoms with van der Waals surface area (Å²) in [7, 11) is 0. The molecular formula is C12H19N3O3. The van der Waals surface area contributed by atoms with E-state index in [1.807, 2.05) is 0 Å². The van der Waals surface area contributed by atoms with E-state index < -0.39 is 5.97 Å². The van der Waals surface area contributed by atoms with Crippen molar-refractivity contribution >= 4 is 11.9 Å². The van der Waals surface area contributed by atoms with Crippen molar-refractivity contribution in [3.8, 4) is 0 Å². The average Bonchev–Trinajstić information content (AvgIpc) is 2.27. The van der Waals surface area contributed by atoms with Gasteiger partial charge in [-0.3, -0.25) is 0 Å². The molecule has 0 unspecified atom stereocenters. The van der Waals surface area contributed by atoms with Gasteiger partial charge in [0.05, 0.1) is 17.9 Å². The molecule has 0 fully saturated rings. The summed E-state index contributed by atoms with van der Waals surface area (Å²) in [6, 6.07) is 0. The molecule has 6 heteroatoms. The number of hydrogen-bond acceptors (Lipinski definition) is 5. The Balaban J connectivity index is 2.39. The molecule has 100 valence electrons. The van der Waals surface area contributed by atoms with Crippen LogP contribution in [0.4, 0.5) is 5.95 Å². The van der Waals surface area contributed by atoms with E-state index in [4.69, 9.17) is 9.84 Å². The second kappa shape index (κ2) is 6.90. The van der Waals surface area contributed by atoms with Gasteiger partial charge in [-0.05, 0) is 12.8 Å². The normalized spacial score (nSPS) is 10.7. The maximum atomic E-state index is 10.8. The largest absolute Gasteiger partial charge is 0.478 e. The highest BCUT2D eigenvalue weighted by atomic mass is 16.5. The van der Waals surface area contributed by atoms with Gasteiger partial charge in [0, 0.05) is 19.3 Å². The van der Waals surface area contributed by atoms with E-state index in [1.165, 1.54) is 6.20 Å². The van der Waals surface area contributed by atoms with E-state index in [2.05, 4.69) is 29.1 Å². The van der Waals surface area contributed by atoms with Crippen LogP contribution in [0.15, 0.2) is 6.20 Å². The summed E-state index contributed by atoms with van der Waals surface area (Å²) < 4.78 is 5.40. The predicted octanol–water partition coefficient (Wildman–Crippen LogP) is 1.57. The third-order valence-corrected chi connectivity index (χ3v) is 2.19. The Morgan fingerprint density at radius 2 is 2.28 bits per heavy atom. The number of anilines is 1. The Bertz CT molecular complexity index is 408. The SMILES string of the molecule is Cc1nc(NCCOCC(C)C)ncc1C(=O)O. The van der Waals surface area contributed by atoms with Gasteiger partial charge < -0.3 is 15.2 Å². The number of rotatable bonds is 7.